The highest BCUT2D eigenvalue weighted by molar-refractivity contribution is 5.99. The first-order valence-corrected chi connectivity index (χ1v) is 7.16. The van der Waals surface area contributed by atoms with E-state index in [1.54, 1.807) is 18.2 Å². The van der Waals surface area contributed by atoms with Gasteiger partial charge in [-0.05, 0) is 42.9 Å². The summed E-state index contributed by atoms with van der Waals surface area (Å²) >= 11 is 0. The highest BCUT2D eigenvalue weighted by Crippen LogP contribution is 2.30. The third kappa shape index (κ3) is 3.42. The first kappa shape index (κ1) is 14.7. The van der Waals surface area contributed by atoms with Gasteiger partial charge in [-0.1, -0.05) is 12.8 Å². The zero-order chi connectivity index (χ0) is 14.5. The number of amides is 1. The van der Waals surface area contributed by atoms with Crippen molar-refractivity contribution in [3.63, 3.8) is 0 Å². The molecule has 1 amide bonds. The Kier molecular flexibility index (Phi) is 4.84. The molecule has 110 valence electrons. The fourth-order valence-corrected chi connectivity index (χ4v) is 2.96. The minimum Gasteiger partial charge on any atom is -0.399 e. The minimum absolute atomic E-state index is 0.228. The molecule has 0 aliphatic heterocycles. The Labute approximate surface area is 119 Å². The molecule has 2 rings (SSSR count). The van der Waals surface area contributed by atoms with E-state index in [1.165, 1.54) is 12.8 Å². The maximum Gasteiger partial charge on any atom is 0.250 e. The highest BCUT2D eigenvalue weighted by Gasteiger charge is 2.24. The average molecular weight is 277 g/mol. The number of carbonyl (C=O) groups is 1. The van der Waals surface area contributed by atoms with E-state index in [2.05, 4.69) is 5.32 Å². The summed E-state index contributed by atoms with van der Waals surface area (Å²) in [6.45, 7) is 0.959. The maximum atomic E-state index is 11.4. The molecule has 5 nitrogen and oxygen atoms in total. The van der Waals surface area contributed by atoms with Crippen LogP contribution in [0.4, 0.5) is 11.4 Å². The molecule has 1 aliphatic rings. The second-order valence-electron chi connectivity index (χ2n) is 5.54. The number of nitrogens with two attached hydrogens (primary N) is 2. The van der Waals surface area contributed by atoms with E-state index in [1.807, 2.05) is 0 Å². The van der Waals surface area contributed by atoms with Gasteiger partial charge in [-0.2, -0.15) is 0 Å². The lowest BCUT2D eigenvalue weighted by Gasteiger charge is -2.30. The van der Waals surface area contributed by atoms with Gasteiger partial charge in [-0.15, -0.1) is 0 Å². The van der Waals surface area contributed by atoms with Crippen LogP contribution in [-0.2, 0) is 0 Å². The predicted molar refractivity (Wildman–Crippen MR) is 80.4 cm³/mol. The third-order valence-electron chi connectivity index (χ3n) is 4.16. The maximum absolute atomic E-state index is 11.4. The Hall–Kier alpha value is -1.75. The highest BCUT2D eigenvalue weighted by atomic mass is 16.3. The smallest absolute Gasteiger partial charge is 0.250 e. The average Bonchev–Trinajstić information content (AvgIpc) is 2.45. The third-order valence-corrected chi connectivity index (χ3v) is 4.16. The Morgan fingerprint density at radius 1 is 1.30 bits per heavy atom. The number of benzene rings is 1. The second-order valence-corrected chi connectivity index (χ2v) is 5.54. The van der Waals surface area contributed by atoms with E-state index in [-0.39, 0.29) is 6.61 Å². The number of nitrogen functional groups attached to an aromatic ring is 1. The van der Waals surface area contributed by atoms with E-state index in [9.17, 15) is 9.90 Å². The number of aliphatic hydroxyl groups excluding tert-OH is 1. The zero-order valence-electron chi connectivity index (χ0n) is 11.6. The summed E-state index contributed by atoms with van der Waals surface area (Å²) in [5, 5.41) is 12.7. The second kappa shape index (κ2) is 6.61. The van der Waals surface area contributed by atoms with Crippen LogP contribution in [0.3, 0.4) is 0 Å². The summed E-state index contributed by atoms with van der Waals surface area (Å²) in [4.78, 5) is 11.4. The Morgan fingerprint density at radius 3 is 2.65 bits per heavy atom. The quantitative estimate of drug-likeness (QED) is 0.614. The molecule has 0 heterocycles. The van der Waals surface area contributed by atoms with Gasteiger partial charge in [0.2, 0.25) is 0 Å². The van der Waals surface area contributed by atoms with Crippen LogP contribution in [0.5, 0.6) is 0 Å². The van der Waals surface area contributed by atoms with Gasteiger partial charge in [0.25, 0.3) is 5.91 Å². The number of nitrogens with one attached hydrogen (secondary N) is 1. The molecule has 1 saturated carbocycles. The van der Waals surface area contributed by atoms with Crippen molar-refractivity contribution in [2.45, 2.75) is 25.7 Å². The van der Waals surface area contributed by atoms with Crippen molar-refractivity contribution in [3.8, 4) is 0 Å². The Bertz CT molecular complexity index is 476. The molecule has 20 heavy (non-hydrogen) atoms. The molecule has 0 saturated heterocycles. The molecule has 1 aromatic carbocycles. The van der Waals surface area contributed by atoms with Gasteiger partial charge in [-0.3, -0.25) is 4.79 Å². The van der Waals surface area contributed by atoms with Gasteiger partial charge in [0.05, 0.1) is 5.56 Å². The lowest BCUT2D eigenvalue weighted by Crippen LogP contribution is -2.29. The lowest BCUT2D eigenvalue weighted by molar-refractivity contribution is 0.100. The standard InChI is InChI=1S/C15H23N3O2/c16-12-5-6-13(15(17)20)14(7-12)18-8-10-3-1-2-4-11(10)9-19/h5-7,10-11,18-19H,1-4,8-9,16H2,(H2,17,20). The zero-order valence-corrected chi connectivity index (χ0v) is 11.6. The fourth-order valence-electron chi connectivity index (χ4n) is 2.96. The van der Waals surface area contributed by atoms with E-state index >= 15 is 0 Å². The van der Waals surface area contributed by atoms with Gasteiger partial charge in [0.15, 0.2) is 0 Å². The summed E-state index contributed by atoms with van der Waals surface area (Å²) in [5.41, 5.74) is 12.9. The van der Waals surface area contributed by atoms with E-state index < -0.39 is 5.91 Å². The van der Waals surface area contributed by atoms with Crippen LogP contribution in [0.1, 0.15) is 36.0 Å². The van der Waals surface area contributed by atoms with Crippen LogP contribution in [0.25, 0.3) is 0 Å². The molecule has 2 atom stereocenters. The molecular formula is C15H23N3O2. The number of primary amides is 1. The number of aliphatic hydroxyl groups is 1. The first-order chi connectivity index (χ1) is 9.61. The topological polar surface area (TPSA) is 101 Å². The molecule has 6 N–H and O–H groups in total. The van der Waals surface area contributed by atoms with E-state index in [0.29, 0.717) is 28.8 Å². The molecule has 0 radical (unpaired) electrons. The van der Waals surface area contributed by atoms with Crippen molar-refractivity contribution >= 4 is 17.3 Å². The fraction of sp³-hybridized carbons (Fsp3) is 0.533. The minimum atomic E-state index is -0.463. The monoisotopic (exact) mass is 277 g/mol. The molecule has 1 fully saturated rings. The summed E-state index contributed by atoms with van der Waals surface area (Å²) in [6.07, 6.45) is 4.56. The normalized spacial score (nSPS) is 22.4. The molecule has 2 unspecified atom stereocenters. The molecule has 0 aromatic heterocycles. The largest absolute Gasteiger partial charge is 0.399 e. The van der Waals surface area contributed by atoms with Gasteiger partial charge in [0.1, 0.15) is 0 Å². The summed E-state index contributed by atoms with van der Waals surface area (Å²) in [5.74, 6) is 0.306. The van der Waals surface area contributed by atoms with Crippen LogP contribution >= 0.6 is 0 Å². The number of carbonyl (C=O) groups excluding carboxylic acids is 1. The van der Waals surface area contributed by atoms with E-state index in [0.717, 1.165) is 19.4 Å². The predicted octanol–water partition coefficient (Wildman–Crippen LogP) is 1.58. The van der Waals surface area contributed by atoms with Gasteiger partial charge in [0, 0.05) is 24.5 Å². The summed E-state index contributed by atoms with van der Waals surface area (Å²) in [7, 11) is 0. The molecule has 0 spiro atoms. The van der Waals surface area contributed by atoms with Gasteiger partial charge in [-0.25, -0.2) is 0 Å². The molecule has 1 aromatic rings. The molecule has 0 bridgehead atoms. The van der Waals surface area contributed by atoms with Crippen LogP contribution in [-0.4, -0.2) is 24.2 Å². The molecule has 1 aliphatic carbocycles. The number of anilines is 2. The van der Waals surface area contributed by atoms with E-state index in [4.69, 9.17) is 11.5 Å². The first-order valence-electron chi connectivity index (χ1n) is 7.16. The molecule has 5 heteroatoms. The lowest BCUT2D eigenvalue weighted by atomic mass is 9.79. The van der Waals surface area contributed by atoms with Crippen molar-refractivity contribution in [2.24, 2.45) is 17.6 Å². The van der Waals surface area contributed by atoms with Crippen LogP contribution in [0.15, 0.2) is 18.2 Å². The van der Waals surface area contributed by atoms with Crippen molar-refractivity contribution < 1.29 is 9.90 Å². The Morgan fingerprint density at radius 2 is 2.00 bits per heavy atom. The van der Waals surface area contributed by atoms with Crippen LogP contribution in [0, 0.1) is 11.8 Å². The van der Waals surface area contributed by atoms with Gasteiger partial charge >= 0.3 is 0 Å². The summed E-state index contributed by atoms with van der Waals surface area (Å²) in [6, 6.07) is 5.05. The number of hydrogen-bond acceptors (Lipinski definition) is 4. The van der Waals surface area contributed by atoms with Crippen molar-refractivity contribution in [3.05, 3.63) is 23.8 Å². The number of rotatable bonds is 5. The van der Waals surface area contributed by atoms with Crippen LogP contribution in [0.2, 0.25) is 0 Å². The van der Waals surface area contributed by atoms with Gasteiger partial charge < -0.3 is 21.9 Å². The summed E-state index contributed by atoms with van der Waals surface area (Å²) < 4.78 is 0. The Balaban J connectivity index is 2.06. The van der Waals surface area contributed by atoms with Crippen molar-refractivity contribution in [2.75, 3.05) is 24.2 Å². The molecular weight excluding hydrogens is 254 g/mol. The van der Waals surface area contributed by atoms with Crippen molar-refractivity contribution in [1.82, 2.24) is 0 Å². The van der Waals surface area contributed by atoms with Crippen LogP contribution < -0.4 is 16.8 Å². The van der Waals surface area contributed by atoms with Crippen molar-refractivity contribution in [1.29, 1.82) is 0 Å². The SMILES string of the molecule is NC(=O)c1ccc(N)cc1NCC1CCCCC1CO. The number of hydrogen-bond donors (Lipinski definition) is 4.